The number of thiazole rings is 1. The van der Waals surface area contributed by atoms with E-state index in [1.54, 1.807) is 6.92 Å². The lowest BCUT2D eigenvalue weighted by molar-refractivity contribution is 0.0851. The molecule has 0 saturated carbocycles. The molecule has 0 aliphatic carbocycles. The summed E-state index contributed by atoms with van der Waals surface area (Å²) in [6, 6.07) is 5.34. The molecule has 0 bridgehead atoms. The number of rotatable bonds is 4. The van der Waals surface area contributed by atoms with Gasteiger partial charge in [-0.15, -0.1) is 11.3 Å². The van der Waals surface area contributed by atoms with E-state index in [-0.39, 0.29) is 5.91 Å². The van der Waals surface area contributed by atoms with Crippen LogP contribution in [-0.2, 0) is 0 Å². The fourth-order valence-corrected chi connectivity index (χ4v) is 3.41. The first-order chi connectivity index (χ1) is 11.4. The summed E-state index contributed by atoms with van der Waals surface area (Å²) in [7, 11) is 0. The zero-order valence-electron chi connectivity index (χ0n) is 14.2. The van der Waals surface area contributed by atoms with Crippen LogP contribution in [0.4, 0.5) is 0 Å². The molecule has 6 heteroatoms. The number of aryl methyl sites for hydroxylation is 3. The molecule has 2 aromatic heterocycles. The van der Waals surface area contributed by atoms with Gasteiger partial charge in [-0.05, 0) is 51.0 Å². The van der Waals surface area contributed by atoms with Gasteiger partial charge in [0.15, 0.2) is 0 Å². The highest BCUT2D eigenvalue weighted by molar-refractivity contribution is 7.09. The van der Waals surface area contributed by atoms with Crippen molar-refractivity contribution in [3.8, 4) is 0 Å². The minimum Gasteiger partial charge on any atom is -0.391 e. The van der Waals surface area contributed by atoms with Gasteiger partial charge in [-0.3, -0.25) is 4.79 Å². The predicted octanol–water partition coefficient (Wildman–Crippen LogP) is 3.40. The fourth-order valence-electron chi connectivity index (χ4n) is 2.76. The highest BCUT2D eigenvalue weighted by Crippen LogP contribution is 2.24. The summed E-state index contributed by atoms with van der Waals surface area (Å²) in [5, 5.41) is 16.7. The maximum Gasteiger partial charge on any atom is 0.268 e. The number of aromatic nitrogens is 2. The molecule has 3 rings (SSSR count). The molecule has 1 amide bonds. The number of aromatic amines is 1. The van der Waals surface area contributed by atoms with Crippen LogP contribution < -0.4 is 5.32 Å². The first-order valence-corrected chi connectivity index (χ1v) is 8.74. The Bertz CT molecular complexity index is 895. The van der Waals surface area contributed by atoms with Crippen molar-refractivity contribution in [2.75, 3.05) is 0 Å². The normalized spacial score (nSPS) is 13.9. The first-order valence-electron chi connectivity index (χ1n) is 7.86. The minimum absolute atomic E-state index is 0.250. The van der Waals surface area contributed by atoms with Crippen molar-refractivity contribution >= 4 is 28.1 Å². The second-order valence-electron chi connectivity index (χ2n) is 6.13. The molecule has 0 spiro atoms. The lowest BCUT2D eigenvalue weighted by atomic mass is 10.1. The van der Waals surface area contributed by atoms with Crippen molar-refractivity contribution in [1.82, 2.24) is 15.3 Å². The Morgan fingerprint density at radius 1 is 1.33 bits per heavy atom. The highest BCUT2D eigenvalue weighted by atomic mass is 32.1. The molecule has 0 unspecified atom stereocenters. The van der Waals surface area contributed by atoms with Gasteiger partial charge in [-0.25, -0.2) is 4.98 Å². The zero-order valence-corrected chi connectivity index (χ0v) is 15.0. The Hall–Kier alpha value is -2.18. The number of fused-ring (bicyclic) bond motifs is 1. The van der Waals surface area contributed by atoms with Gasteiger partial charge in [-0.2, -0.15) is 0 Å². The molecular formula is C18H21N3O2S. The summed E-state index contributed by atoms with van der Waals surface area (Å²) in [5.74, 6) is -0.250. The van der Waals surface area contributed by atoms with Gasteiger partial charge in [0, 0.05) is 16.3 Å². The third-order valence-corrected chi connectivity index (χ3v) is 5.10. The Morgan fingerprint density at radius 2 is 2.08 bits per heavy atom. The second-order valence-corrected chi connectivity index (χ2v) is 7.20. The van der Waals surface area contributed by atoms with Gasteiger partial charge in [0.25, 0.3) is 5.91 Å². The minimum atomic E-state index is -0.733. The topological polar surface area (TPSA) is 78.0 Å². The molecule has 0 fully saturated rings. The summed E-state index contributed by atoms with van der Waals surface area (Å²) >= 11 is 1.50. The van der Waals surface area contributed by atoms with Crippen LogP contribution in [0.15, 0.2) is 23.6 Å². The van der Waals surface area contributed by atoms with Crippen molar-refractivity contribution in [3.05, 3.63) is 51.1 Å². The number of amides is 1. The van der Waals surface area contributed by atoms with Crippen molar-refractivity contribution in [3.63, 3.8) is 0 Å². The number of hydrogen-bond acceptors (Lipinski definition) is 4. The van der Waals surface area contributed by atoms with Crippen LogP contribution in [0.5, 0.6) is 0 Å². The van der Waals surface area contributed by atoms with Crippen LogP contribution in [0.2, 0.25) is 0 Å². The lowest BCUT2D eigenvalue weighted by Crippen LogP contribution is -2.35. The number of benzene rings is 1. The van der Waals surface area contributed by atoms with Gasteiger partial charge < -0.3 is 15.4 Å². The third-order valence-electron chi connectivity index (χ3n) is 4.31. The number of hydrogen-bond donors (Lipinski definition) is 3. The number of aliphatic hydroxyl groups is 1. The molecule has 0 aliphatic heterocycles. The number of aliphatic hydroxyl groups excluding tert-OH is 1. The second kappa shape index (κ2) is 6.37. The molecule has 0 aliphatic rings. The molecule has 2 atom stereocenters. The summed E-state index contributed by atoms with van der Waals surface area (Å²) in [4.78, 5) is 20.2. The Balaban J connectivity index is 1.89. The van der Waals surface area contributed by atoms with E-state index in [4.69, 9.17) is 0 Å². The van der Waals surface area contributed by atoms with Crippen molar-refractivity contribution in [2.45, 2.75) is 39.8 Å². The van der Waals surface area contributed by atoms with Crippen LogP contribution in [0.3, 0.4) is 0 Å². The number of H-pyrrole nitrogens is 1. The Kier molecular flexibility index (Phi) is 4.43. The maximum absolute atomic E-state index is 12.6. The summed E-state index contributed by atoms with van der Waals surface area (Å²) in [6.07, 6.45) is -0.733. The zero-order chi connectivity index (χ0) is 17.4. The van der Waals surface area contributed by atoms with Crippen LogP contribution in [0.25, 0.3) is 10.9 Å². The Morgan fingerprint density at radius 3 is 2.71 bits per heavy atom. The van der Waals surface area contributed by atoms with Crippen molar-refractivity contribution < 1.29 is 9.90 Å². The van der Waals surface area contributed by atoms with Gasteiger partial charge in [-0.1, -0.05) is 6.07 Å². The number of nitrogens with zero attached hydrogens (tertiary/aromatic N) is 1. The first kappa shape index (κ1) is 16.7. The summed E-state index contributed by atoms with van der Waals surface area (Å²) < 4.78 is 0. The number of carbonyl (C=O) groups is 1. The van der Waals surface area contributed by atoms with E-state index >= 15 is 0 Å². The van der Waals surface area contributed by atoms with Gasteiger partial charge >= 0.3 is 0 Å². The van der Waals surface area contributed by atoms with Gasteiger partial charge in [0.2, 0.25) is 0 Å². The van der Waals surface area contributed by atoms with Gasteiger partial charge in [0.05, 0.1) is 22.8 Å². The summed E-state index contributed by atoms with van der Waals surface area (Å²) in [6.45, 7) is 7.65. The SMILES string of the molecule is Cc1nc([C@H](NC(=O)c2cc3c(C)c(C)ccc3[nH]2)[C@H](C)O)cs1. The fraction of sp³-hybridized carbons (Fsp3) is 0.333. The number of nitrogens with one attached hydrogen (secondary N) is 2. The van der Waals surface area contributed by atoms with E-state index in [2.05, 4.69) is 22.2 Å². The molecule has 0 saturated heterocycles. The van der Waals surface area contributed by atoms with E-state index in [1.807, 2.05) is 37.4 Å². The number of carbonyl (C=O) groups excluding carboxylic acids is 1. The Labute approximate surface area is 144 Å². The summed E-state index contributed by atoms with van der Waals surface area (Å²) in [5.41, 5.74) is 4.44. The maximum atomic E-state index is 12.6. The van der Waals surface area contributed by atoms with Crippen LogP contribution in [0, 0.1) is 20.8 Å². The molecule has 1 aromatic carbocycles. The molecule has 0 radical (unpaired) electrons. The molecule has 3 N–H and O–H groups in total. The monoisotopic (exact) mass is 343 g/mol. The molecule has 2 heterocycles. The average molecular weight is 343 g/mol. The molecule has 5 nitrogen and oxygen atoms in total. The highest BCUT2D eigenvalue weighted by Gasteiger charge is 2.23. The van der Waals surface area contributed by atoms with Crippen molar-refractivity contribution in [2.24, 2.45) is 0 Å². The van der Waals surface area contributed by atoms with E-state index in [0.717, 1.165) is 21.5 Å². The van der Waals surface area contributed by atoms with E-state index in [9.17, 15) is 9.90 Å². The molecule has 24 heavy (non-hydrogen) atoms. The quantitative estimate of drug-likeness (QED) is 0.679. The molecule has 126 valence electrons. The largest absolute Gasteiger partial charge is 0.391 e. The van der Waals surface area contributed by atoms with Crippen molar-refractivity contribution in [1.29, 1.82) is 0 Å². The smallest absolute Gasteiger partial charge is 0.268 e. The predicted molar refractivity (Wildman–Crippen MR) is 96.5 cm³/mol. The average Bonchev–Trinajstić information content (AvgIpc) is 3.15. The van der Waals surface area contributed by atoms with E-state index in [0.29, 0.717) is 11.4 Å². The van der Waals surface area contributed by atoms with Gasteiger partial charge in [0.1, 0.15) is 5.69 Å². The van der Waals surface area contributed by atoms with E-state index in [1.165, 1.54) is 16.9 Å². The molecule has 3 aromatic rings. The molecular weight excluding hydrogens is 322 g/mol. The van der Waals surface area contributed by atoms with Crippen LogP contribution >= 0.6 is 11.3 Å². The van der Waals surface area contributed by atoms with Crippen LogP contribution in [-0.4, -0.2) is 27.1 Å². The van der Waals surface area contributed by atoms with Crippen LogP contribution in [0.1, 0.15) is 45.3 Å². The third kappa shape index (κ3) is 3.07. The standard InChI is InChI=1S/C18H21N3O2S/c1-9-5-6-14-13(10(9)2)7-15(20-14)18(23)21-17(11(3)22)16-8-24-12(4)19-16/h5-8,11,17,20,22H,1-4H3,(H,21,23)/t11-,17+/m0/s1. The van der Waals surface area contributed by atoms with E-state index < -0.39 is 12.1 Å². The lowest BCUT2D eigenvalue weighted by Gasteiger charge is -2.19.